The Hall–Kier alpha value is -1.84. The maximum absolute atomic E-state index is 11.7. The summed E-state index contributed by atoms with van der Waals surface area (Å²) in [5.41, 5.74) is 6.92. The highest BCUT2D eigenvalue weighted by atomic mass is 127. The molecule has 1 aliphatic heterocycles. The quantitative estimate of drug-likeness (QED) is 0.277. The molecule has 2 rings (SSSR count). The number of hydrogen-bond donors (Lipinski definition) is 2. The van der Waals surface area contributed by atoms with Crippen LogP contribution in [0.5, 0.6) is 0 Å². The Morgan fingerprint density at radius 3 is 2.63 bits per heavy atom. The van der Waals surface area contributed by atoms with Gasteiger partial charge in [-0.25, -0.2) is 4.79 Å². The Morgan fingerprint density at radius 1 is 1.33 bits per heavy atom. The molecule has 1 aromatic rings. The molecular weight excluding hydrogens is 459 g/mol. The first-order valence-electron chi connectivity index (χ1n) is 9.03. The number of piperidine rings is 1. The second-order valence-electron chi connectivity index (χ2n) is 6.44. The van der Waals surface area contributed by atoms with Gasteiger partial charge < -0.3 is 20.7 Å². The van der Waals surface area contributed by atoms with Gasteiger partial charge in [0.15, 0.2) is 5.96 Å². The van der Waals surface area contributed by atoms with Gasteiger partial charge in [0.1, 0.15) is 0 Å². The Kier molecular flexibility index (Phi) is 10.1. The van der Waals surface area contributed by atoms with E-state index in [2.05, 4.69) is 15.2 Å². The standard InChI is InChI=1S/C19H28N4O3.HI/c1-3-26-18(25)16-8-6-14(7-9-16)12-22-19(21-2)23-10-4-5-15(13-23)11-17(20)24;/h6-9,15H,3-5,10-13H2,1-2H3,(H2,20,24)(H,21,22);1H. The molecule has 1 aromatic carbocycles. The minimum absolute atomic E-state index is 0. The normalized spacial score (nSPS) is 17.0. The van der Waals surface area contributed by atoms with Crippen molar-refractivity contribution in [3.63, 3.8) is 0 Å². The largest absolute Gasteiger partial charge is 0.462 e. The molecule has 0 saturated carbocycles. The van der Waals surface area contributed by atoms with E-state index in [0.717, 1.165) is 37.5 Å². The fourth-order valence-electron chi connectivity index (χ4n) is 3.20. The number of carbonyl (C=O) groups is 2. The van der Waals surface area contributed by atoms with Crippen molar-refractivity contribution < 1.29 is 14.3 Å². The van der Waals surface area contributed by atoms with Crippen LogP contribution >= 0.6 is 24.0 Å². The summed E-state index contributed by atoms with van der Waals surface area (Å²) in [6.45, 7) is 4.45. The molecule has 0 spiro atoms. The second kappa shape index (κ2) is 11.8. The number of esters is 1. The number of rotatable bonds is 6. The van der Waals surface area contributed by atoms with Crippen LogP contribution in [0.25, 0.3) is 0 Å². The van der Waals surface area contributed by atoms with E-state index in [4.69, 9.17) is 10.5 Å². The summed E-state index contributed by atoms with van der Waals surface area (Å²) in [6.07, 6.45) is 2.46. The van der Waals surface area contributed by atoms with Gasteiger partial charge in [-0.1, -0.05) is 12.1 Å². The number of nitrogens with one attached hydrogen (secondary N) is 1. The van der Waals surface area contributed by atoms with Crippen LogP contribution in [0.3, 0.4) is 0 Å². The molecule has 1 fully saturated rings. The lowest BCUT2D eigenvalue weighted by Gasteiger charge is -2.34. The first-order chi connectivity index (χ1) is 12.5. The fourth-order valence-corrected chi connectivity index (χ4v) is 3.20. The number of benzene rings is 1. The van der Waals surface area contributed by atoms with Gasteiger partial charge in [0.25, 0.3) is 0 Å². The summed E-state index contributed by atoms with van der Waals surface area (Å²) < 4.78 is 4.99. The van der Waals surface area contributed by atoms with Crippen molar-refractivity contribution in [3.05, 3.63) is 35.4 Å². The third-order valence-corrected chi connectivity index (χ3v) is 4.44. The molecule has 3 N–H and O–H groups in total. The number of carbonyl (C=O) groups excluding carboxylic acids is 2. The summed E-state index contributed by atoms with van der Waals surface area (Å²) in [6, 6.07) is 7.33. The van der Waals surface area contributed by atoms with Gasteiger partial charge in [-0.3, -0.25) is 9.79 Å². The lowest BCUT2D eigenvalue weighted by Crippen LogP contribution is -2.46. The van der Waals surface area contributed by atoms with E-state index in [0.29, 0.717) is 25.1 Å². The van der Waals surface area contributed by atoms with E-state index in [9.17, 15) is 9.59 Å². The van der Waals surface area contributed by atoms with E-state index in [1.165, 1.54) is 0 Å². The summed E-state index contributed by atoms with van der Waals surface area (Å²) in [5.74, 6) is 0.537. The SMILES string of the molecule is CCOC(=O)c1ccc(CNC(=NC)N2CCCC(CC(N)=O)C2)cc1.I. The fraction of sp³-hybridized carbons (Fsp3) is 0.526. The van der Waals surface area contributed by atoms with Gasteiger partial charge in [0, 0.05) is 33.1 Å². The van der Waals surface area contributed by atoms with Gasteiger partial charge in [-0.15, -0.1) is 24.0 Å². The zero-order chi connectivity index (χ0) is 18.9. The zero-order valence-electron chi connectivity index (χ0n) is 15.9. The van der Waals surface area contributed by atoms with Gasteiger partial charge in [-0.05, 0) is 43.4 Å². The van der Waals surface area contributed by atoms with Crippen LogP contribution < -0.4 is 11.1 Å². The maximum Gasteiger partial charge on any atom is 0.338 e. The number of nitrogens with zero attached hydrogens (tertiary/aromatic N) is 2. The van der Waals surface area contributed by atoms with Crippen LogP contribution in [0.2, 0.25) is 0 Å². The lowest BCUT2D eigenvalue weighted by molar-refractivity contribution is -0.119. The summed E-state index contributed by atoms with van der Waals surface area (Å²) >= 11 is 0. The average molecular weight is 488 g/mol. The minimum atomic E-state index is -0.309. The number of ether oxygens (including phenoxy) is 1. The number of aliphatic imine (C=N–C) groups is 1. The molecule has 0 aromatic heterocycles. The third-order valence-electron chi connectivity index (χ3n) is 4.44. The summed E-state index contributed by atoms with van der Waals surface area (Å²) in [7, 11) is 1.75. The van der Waals surface area contributed by atoms with Gasteiger partial charge >= 0.3 is 5.97 Å². The Bertz CT molecular complexity index is 649. The highest BCUT2D eigenvalue weighted by Gasteiger charge is 2.23. The van der Waals surface area contributed by atoms with Crippen LogP contribution in [-0.2, 0) is 16.1 Å². The Labute approximate surface area is 177 Å². The minimum Gasteiger partial charge on any atom is -0.462 e. The molecule has 1 saturated heterocycles. The van der Waals surface area contributed by atoms with E-state index >= 15 is 0 Å². The average Bonchev–Trinajstić information content (AvgIpc) is 2.63. The molecule has 1 unspecified atom stereocenters. The molecule has 1 amide bonds. The molecule has 0 aliphatic carbocycles. The van der Waals surface area contributed by atoms with Crippen molar-refractivity contribution in [2.45, 2.75) is 32.7 Å². The molecule has 1 heterocycles. The second-order valence-corrected chi connectivity index (χ2v) is 6.44. The lowest BCUT2D eigenvalue weighted by atomic mass is 9.95. The van der Waals surface area contributed by atoms with Crippen LogP contribution in [0.1, 0.15) is 42.1 Å². The first-order valence-corrected chi connectivity index (χ1v) is 9.03. The number of nitrogens with two attached hydrogens (primary N) is 1. The van der Waals surface area contributed by atoms with Crippen molar-refractivity contribution in [1.29, 1.82) is 0 Å². The van der Waals surface area contributed by atoms with Crippen molar-refractivity contribution in [2.24, 2.45) is 16.6 Å². The third kappa shape index (κ3) is 7.36. The Morgan fingerprint density at radius 2 is 2.04 bits per heavy atom. The molecule has 27 heavy (non-hydrogen) atoms. The molecule has 0 radical (unpaired) electrons. The topological polar surface area (TPSA) is 97.0 Å². The van der Waals surface area contributed by atoms with Crippen molar-refractivity contribution >= 4 is 41.8 Å². The van der Waals surface area contributed by atoms with Crippen molar-refractivity contribution in [1.82, 2.24) is 10.2 Å². The highest BCUT2D eigenvalue weighted by Crippen LogP contribution is 2.19. The molecule has 8 heteroatoms. The number of hydrogen-bond acceptors (Lipinski definition) is 4. The smallest absolute Gasteiger partial charge is 0.338 e. The molecular formula is C19H29IN4O3. The first kappa shape index (κ1) is 23.2. The van der Waals surface area contributed by atoms with Gasteiger partial charge in [0.2, 0.25) is 5.91 Å². The molecule has 150 valence electrons. The number of amides is 1. The summed E-state index contributed by atoms with van der Waals surface area (Å²) in [4.78, 5) is 29.4. The molecule has 0 bridgehead atoms. The van der Waals surface area contributed by atoms with Crippen LogP contribution in [-0.4, -0.2) is 49.5 Å². The van der Waals surface area contributed by atoms with Crippen molar-refractivity contribution in [3.8, 4) is 0 Å². The van der Waals surface area contributed by atoms with Gasteiger partial charge in [-0.2, -0.15) is 0 Å². The number of likely N-dealkylation sites (tertiary alicyclic amines) is 1. The Balaban J connectivity index is 0.00000364. The number of primary amides is 1. The number of guanidine groups is 1. The highest BCUT2D eigenvalue weighted by molar-refractivity contribution is 14.0. The van der Waals surface area contributed by atoms with Gasteiger partial charge in [0.05, 0.1) is 12.2 Å². The monoisotopic (exact) mass is 488 g/mol. The molecule has 1 atom stereocenters. The zero-order valence-corrected chi connectivity index (χ0v) is 18.3. The van der Waals surface area contributed by atoms with Crippen LogP contribution in [0.15, 0.2) is 29.3 Å². The summed E-state index contributed by atoms with van der Waals surface area (Å²) in [5, 5.41) is 3.35. The molecule has 7 nitrogen and oxygen atoms in total. The van der Waals surface area contributed by atoms with Crippen LogP contribution in [0, 0.1) is 5.92 Å². The van der Waals surface area contributed by atoms with E-state index in [1.807, 2.05) is 12.1 Å². The van der Waals surface area contributed by atoms with E-state index in [-0.39, 0.29) is 41.8 Å². The predicted octanol–water partition coefficient (Wildman–Crippen LogP) is 2.14. The van der Waals surface area contributed by atoms with E-state index < -0.39 is 0 Å². The molecule has 1 aliphatic rings. The van der Waals surface area contributed by atoms with E-state index in [1.54, 1.807) is 26.1 Å². The predicted molar refractivity (Wildman–Crippen MR) is 116 cm³/mol. The number of halogens is 1. The van der Waals surface area contributed by atoms with Crippen LogP contribution in [0.4, 0.5) is 0 Å². The maximum atomic E-state index is 11.7. The van der Waals surface area contributed by atoms with Crippen molar-refractivity contribution in [2.75, 3.05) is 26.7 Å².